The number of hydrogen-bond donors (Lipinski definition) is 4. The largest absolute Gasteiger partial charge is 0.476 e. The maximum atomic E-state index is 10.3. The highest BCUT2D eigenvalue weighted by atomic mass is 32.1. The van der Waals surface area contributed by atoms with Crippen LogP contribution in [0, 0.1) is 0 Å². The number of nitrogens with two attached hydrogens (primary N) is 3. The van der Waals surface area contributed by atoms with Gasteiger partial charge in [-0.1, -0.05) is 0 Å². The number of nitrogens with zero attached hydrogens (tertiary/aromatic N) is 2. The molecule has 0 bridgehead atoms. The molecule has 8 nitrogen and oxygen atoms in total. The predicted octanol–water partition coefficient (Wildman–Crippen LogP) is 0.248. The van der Waals surface area contributed by atoms with E-state index in [0.29, 0.717) is 5.13 Å². The number of carbonyl (C=O) groups is 2. The molecule has 0 aromatic carbocycles. The van der Waals surface area contributed by atoms with Crippen LogP contribution in [0.1, 0.15) is 21.0 Å². The summed E-state index contributed by atoms with van der Waals surface area (Å²) < 4.78 is 0. The molecule has 0 aliphatic rings. The summed E-state index contributed by atoms with van der Waals surface area (Å²) in [5, 5.41) is 11.9. The molecule has 0 radical (unpaired) electrons. The molecule has 1 amide bonds. The maximum Gasteiger partial charge on any atom is 0.355 e. The van der Waals surface area contributed by atoms with E-state index in [1.165, 1.54) is 22.1 Å². The third-order valence-corrected chi connectivity index (χ3v) is 2.86. The van der Waals surface area contributed by atoms with Crippen LogP contribution < -0.4 is 17.2 Å². The van der Waals surface area contributed by atoms with E-state index in [-0.39, 0.29) is 16.5 Å². The molecular formula is C8H9N5O3S2. The van der Waals surface area contributed by atoms with Crippen LogP contribution in [0.3, 0.4) is 0 Å². The number of anilines is 2. The van der Waals surface area contributed by atoms with Crippen molar-refractivity contribution in [2.45, 2.75) is 0 Å². The number of carboxylic acids is 1. The van der Waals surface area contributed by atoms with E-state index >= 15 is 0 Å². The molecule has 0 saturated carbocycles. The van der Waals surface area contributed by atoms with Crippen molar-refractivity contribution < 1.29 is 14.7 Å². The van der Waals surface area contributed by atoms with Crippen LogP contribution in [-0.4, -0.2) is 27.0 Å². The summed E-state index contributed by atoms with van der Waals surface area (Å²) in [7, 11) is 0. The molecule has 96 valence electrons. The van der Waals surface area contributed by atoms with E-state index in [4.69, 9.17) is 22.3 Å². The lowest BCUT2D eigenvalue weighted by atomic mass is 10.5. The lowest BCUT2D eigenvalue weighted by Crippen LogP contribution is -2.11. The summed E-state index contributed by atoms with van der Waals surface area (Å²) in [6.07, 6.45) is 0. The number of hydrogen-bond acceptors (Lipinski definition) is 8. The highest BCUT2D eigenvalue weighted by Gasteiger charge is 2.05. The lowest BCUT2D eigenvalue weighted by molar-refractivity contribution is 0.0691. The van der Waals surface area contributed by atoms with E-state index in [9.17, 15) is 9.59 Å². The topological polar surface area (TPSA) is 158 Å². The van der Waals surface area contributed by atoms with Crippen molar-refractivity contribution in [3.63, 3.8) is 0 Å². The van der Waals surface area contributed by atoms with Crippen LogP contribution in [0.25, 0.3) is 0 Å². The van der Waals surface area contributed by atoms with Crippen molar-refractivity contribution >= 4 is 44.8 Å². The van der Waals surface area contributed by atoms with Crippen molar-refractivity contribution in [2.24, 2.45) is 5.73 Å². The van der Waals surface area contributed by atoms with Gasteiger partial charge in [-0.15, -0.1) is 22.7 Å². The number of nitrogen functional groups attached to an aromatic ring is 2. The van der Waals surface area contributed by atoms with Gasteiger partial charge in [-0.2, -0.15) is 0 Å². The van der Waals surface area contributed by atoms with Gasteiger partial charge in [0.2, 0.25) is 0 Å². The first-order valence-corrected chi connectivity index (χ1v) is 6.11. The van der Waals surface area contributed by atoms with Crippen LogP contribution in [-0.2, 0) is 0 Å². The fourth-order valence-electron chi connectivity index (χ4n) is 0.787. The van der Waals surface area contributed by atoms with Crippen molar-refractivity contribution in [2.75, 3.05) is 11.5 Å². The highest BCUT2D eigenvalue weighted by molar-refractivity contribution is 7.14. The monoisotopic (exact) mass is 287 g/mol. The molecule has 0 unspecified atom stereocenters. The number of aromatic nitrogens is 2. The molecule has 7 N–H and O–H groups in total. The normalized spacial score (nSPS) is 9.33. The number of carbonyl (C=O) groups excluding carboxylic acids is 1. The number of aromatic carboxylic acids is 1. The highest BCUT2D eigenvalue weighted by Crippen LogP contribution is 2.10. The molecule has 2 aromatic rings. The summed E-state index contributed by atoms with van der Waals surface area (Å²) >= 11 is 2.32. The van der Waals surface area contributed by atoms with Crippen LogP contribution >= 0.6 is 22.7 Å². The Morgan fingerprint density at radius 1 is 1.06 bits per heavy atom. The van der Waals surface area contributed by atoms with Crippen LogP contribution in [0.5, 0.6) is 0 Å². The third-order valence-electron chi connectivity index (χ3n) is 1.52. The van der Waals surface area contributed by atoms with Crippen molar-refractivity contribution in [3.8, 4) is 0 Å². The minimum Gasteiger partial charge on any atom is -0.476 e. The van der Waals surface area contributed by atoms with Gasteiger partial charge in [-0.25, -0.2) is 14.8 Å². The summed E-state index contributed by atoms with van der Waals surface area (Å²) in [5.74, 6) is -1.58. The summed E-state index contributed by atoms with van der Waals surface area (Å²) in [5.41, 5.74) is 15.5. The van der Waals surface area contributed by atoms with Crippen LogP contribution in [0.4, 0.5) is 10.3 Å². The molecule has 0 spiro atoms. The smallest absolute Gasteiger partial charge is 0.355 e. The van der Waals surface area contributed by atoms with Gasteiger partial charge >= 0.3 is 5.97 Å². The van der Waals surface area contributed by atoms with Gasteiger partial charge in [0.25, 0.3) is 5.91 Å². The van der Waals surface area contributed by atoms with Gasteiger partial charge in [0.15, 0.2) is 16.0 Å². The fourth-order valence-corrected chi connectivity index (χ4v) is 1.88. The van der Waals surface area contributed by atoms with Gasteiger partial charge in [-0.05, 0) is 0 Å². The van der Waals surface area contributed by atoms with Crippen molar-refractivity contribution in [3.05, 3.63) is 22.1 Å². The summed E-state index contributed by atoms with van der Waals surface area (Å²) in [6.45, 7) is 0. The molecule has 0 aliphatic carbocycles. The number of amides is 1. The van der Waals surface area contributed by atoms with Crippen LogP contribution in [0.15, 0.2) is 10.8 Å². The van der Waals surface area contributed by atoms with E-state index in [1.54, 1.807) is 0 Å². The third kappa shape index (κ3) is 3.99. The molecule has 2 rings (SSSR count). The number of carboxylic acid groups (broad SMARTS) is 1. The number of thiazole rings is 2. The predicted molar refractivity (Wildman–Crippen MR) is 68.5 cm³/mol. The molecule has 18 heavy (non-hydrogen) atoms. The maximum absolute atomic E-state index is 10.3. The Hall–Kier alpha value is -2.20. The quantitative estimate of drug-likeness (QED) is 0.616. The van der Waals surface area contributed by atoms with Crippen molar-refractivity contribution in [1.29, 1.82) is 0 Å². The zero-order valence-corrected chi connectivity index (χ0v) is 10.5. The Morgan fingerprint density at radius 2 is 1.50 bits per heavy atom. The van der Waals surface area contributed by atoms with Gasteiger partial charge in [-0.3, -0.25) is 4.79 Å². The second-order valence-corrected chi connectivity index (χ2v) is 4.59. The number of primary amides is 1. The van der Waals surface area contributed by atoms with E-state index in [1.807, 2.05) is 0 Å². The molecule has 10 heteroatoms. The van der Waals surface area contributed by atoms with E-state index in [2.05, 4.69) is 9.97 Å². The van der Waals surface area contributed by atoms with Gasteiger partial charge < -0.3 is 22.3 Å². The second-order valence-electron chi connectivity index (χ2n) is 2.81. The molecule has 0 saturated heterocycles. The molecule has 0 aliphatic heterocycles. The first-order chi connectivity index (χ1) is 8.40. The van der Waals surface area contributed by atoms with Crippen LogP contribution in [0.2, 0.25) is 0 Å². The Labute approximate surface area is 109 Å². The average Bonchev–Trinajstić information content (AvgIpc) is 2.88. The average molecular weight is 287 g/mol. The Bertz CT molecular complexity index is 514. The number of rotatable bonds is 2. The SMILES string of the molecule is NC(=O)c1csc(N)n1.Nc1nc(C(=O)O)cs1. The fraction of sp³-hybridized carbons (Fsp3) is 0. The van der Waals surface area contributed by atoms with Gasteiger partial charge in [0.1, 0.15) is 5.69 Å². The van der Waals surface area contributed by atoms with E-state index < -0.39 is 11.9 Å². The second kappa shape index (κ2) is 5.93. The summed E-state index contributed by atoms with van der Waals surface area (Å²) in [4.78, 5) is 27.6. The summed E-state index contributed by atoms with van der Waals surface area (Å²) in [6, 6.07) is 0. The Kier molecular flexibility index (Phi) is 4.57. The van der Waals surface area contributed by atoms with Crippen molar-refractivity contribution in [1.82, 2.24) is 9.97 Å². The first-order valence-electron chi connectivity index (χ1n) is 4.35. The standard InChI is InChI=1S/C4H5N3OS.C4H4N2O2S/c5-3(8)2-1-9-4(6)7-2;5-4-6-2(1-9-4)3(7)8/h1H,(H2,5,8)(H2,6,7);1H,(H2,5,6)(H,7,8). The Balaban J connectivity index is 0.000000180. The Morgan fingerprint density at radius 3 is 1.67 bits per heavy atom. The van der Waals surface area contributed by atoms with Gasteiger partial charge in [0.05, 0.1) is 0 Å². The van der Waals surface area contributed by atoms with E-state index in [0.717, 1.165) is 11.3 Å². The zero-order valence-electron chi connectivity index (χ0n) is 8.86. The molecule has 0 fully saturated rings. The zero-order chi connectivity index (χ0) is 13.7. The first kappa shape index (κ1) is 13.9. The lowest BCUT2D eigenvalue weighted by Gasteiger charge is -1.80. The molecule has 2 aromatic heterocycles. The molecular weight excluding hydrogens is 278 g/mol. The minimum atomic E-state index is -1.04. The van der Waals surface area contributed by atoms with Gasteiger partial charge in [0, 0.05) is 10.8 Å². The molecule has 0 atom stereocenters. The molecule has 2 heterocycles. The minimum absolute atomic E-state index is 0.0116.